The maximum absolute atomic E-state index is 13.0. The highest BCUT2D eigenvalue weighted by molar-refractivity contribution is 7.11. The number of thiazole rings is 1. The Morgan fingerprint density at radius 2 is 1.83 bits per heavy atom. The average molecular weight is 511 g/mol. The fourth-order valence-electron chi connectivity index (χ4n) is 2.98. The van der Waals surface area contributed by atoms with Gasteiger partial charge in [0.25, 0.3) is 5.19 Å². The monoisotopic (exact) mass is 510 g/mol. The third-order valence-electron chi connectivity index (χ3n) is 4.65. The first-order valence-corrected chi connectivity index (χ1v) is 11.2. The van der Waals surface area contributed by atoms with E-state index >= 15 is 0 Å². The summed E-state index contributed by atoms with van der Waals surface area (Å²) in [7, 11) is 0. The number of nitrogens with one attached hydrogen (secondary N) is 1. The number of nitrogens with zero attached hydrogens (tertiary/aromatic N) is 5. The Labute approximate surface area is 206 Å². The fourth-order valence-corrected chi connectivity index (χ4v) is 3.77. The molecule has 2 N–H and O–H groups in total. The first-order valence-electron chi connectivity index (χ1n) is 9.91. The van der Waals surface area contributed by atoms with Crippen molar-refractivity contribution >= 4 is 40.5 Å². The second kappa shape index (κ2) is 10.2. The minimum Gasteiger partial charge on any atom is -0.476 e. The van der Waals surface area contributed by atoms with Crippen molar-refractivity contribution < 1.29 is 14.6 Å². The number of carboxylic acid groups (broad SMARTS) is 1. The van der Waals surface area contributed by atoms with Gasteiger partial charge in [0.1, 0.15) is 12.3 Å². The van der Waals surface area contributed by atoms with Gasteiger partial charge in [-0.3, -0.25) is 4.57 Å². The van der Waals surface area contributed by atoms with Gasteiger partial charge in [-0.05, 0) is 42.0 Å². The number of benzene rings is 2. The molecule has 2 aromatic carbocycles. The number of carboxylic acids is 1. The van der Waals surface area contributed by atoms with Crippen molar-refractivity contribution in [3.8, 4) is 17.0 Å². The molecule has 0 fully saturated rings. The average Bonchev–Trinajstić information content (AvgIpc) is 3.31. The van der Waals surface area contributed by atoms with Gasteiger partial charge in [0, 0.05) is 16.1 Å². The zero-order valence-electron chi connectivity index (χ0n) is 17.7. The van der Waals surface area contributed by atoms with Gasteiger partial charge >= 0.3 is 17.3 Å². The number of ether oxygens (including phenoxy) is 1. The molecule has 0 unspecified atom stereocenters. The Balaban J connectivity index is 1.61. The molecule has 13 heteroatoms. The van der Waals surface area contributed by atoms with Crippen molar-refractivity contribution in [2.24, 2.45) is 0 Å². The van der Waals surface area contributed by atoms with Gasteiger partial charge in [-0.15, -0.1) is 0 Å². The SMILES string of the molecule is N#CCn1c(=O)nc(Nc2ccc(Oc3nc(C(=O)O)cs3)cc2)n(Cc2ccc(Cl)cc2)c1=O. The van der Waals surface area contributed by atoms with E-state index in [1.165, 1.54) is 9.95 Å². The number of hydrogen-bond donors (Lipinski definition) is 2. The van der Waals surface area contributed by atoms with Gasteiger partial charge in [0.05, 0.1) is 12.6 Å². The van der Waals surface area contributed by atoms with E-state index in [4.69, 9.17) is 26.7 Å². The van der Waals surface area contributed by atoms with Gasteiger partial charge < -0.3 is 15.2 Å². The Bertz CT molecular complexity index is 1540. The van der Waals surface area contributed by atoms with Crippen molar-refractivity contribution in [3.63, 3.8) is 0 Å². The molecule has 0 aliphatic carbocycles. The summed E-state index contributed by atoms with van der Waals surface area (Å²) in [6.07, 6.45) is 0. The predicted molar refractivity (Wildman–Crippen MR) is 128 cm³/mol. The van der Waals surface area contributed by atoms with E-state index in [1.807, 2.05) is 0 Å². The zero-order valence-corrected chi connectivity index (χ0v) is 19.3. The summed E-state index contributed by atoms with van der Waals surface area (Å²) in [6, 6.07) is 15.1. The molecule has 4 rings (SSSR count). The normalized spacial score (nSPS) is 10.5. The molecular weight excluding hydrogens is 496 g/mol. The van der Waals surface area contributed by atoms with Crippen molar-refractivity contribution in [2.45, 2.75) is 13.1 Å². The lowest BCUT2D eigenvalue weighted by Crippen LogP contribution is -2.42. The van der Waals surface area contributed by atoms with Crippen LogP contribution in [0.25, 0.3) is 0 Å². The van der Waals surface area contributed by atoms with Crippen LogP contribution in [-0.4, -0.2) is 30.2 Å². The topological polar surface area (TPSA) is 152 Å². The Kier molecular flexibility index (Phi) is 6.91. The lowest BCUT2D eigenvalue weighted by atomic mass is 10.2. The standard InChI is InChI=1S/C22H15ClN6O5S/c23-14-3-1-13(2-4-14)11-29-19(27-20(32)28(10-9-24)22(29)33)25-15-5-7-16(8-6-15)34-21-26-17(12-35-21)18(30)31/h1-8,12H,10-11H2,(H,30,31)(H,25,27,32). The van der Waals surface area contributed by atoms with Crippen LogP contribution in [-0.2, 0) is 13.1 Å². The quantitative estimate of drug-likeness (QED) is 0.363. The lowest BCUT2D eigenvalue weighted by Gasteiger charge is -2.15. The van der Waals surface area contributed by atoms with Crippen molar-refractivity contribution in [3.05, 3.63) is 91.2 Å². The van der Waals surface area contributed by atoms with Crippen molar-refractivity contribution in [2.75, 3.05) is 5.32 Å². The summed E-state index contributed by atoms with van der Waals surface area (Å²) in [4.78, 5) is 44.1. The minimum atomic E-state index is -1.15. The third kappa shape index (κ3) is 5.55. The van der Waals surface area contributed by atoms with Crippen LogP contribution in [0.1, 0.15) is 16.1 Å². The molecule has 0 amide bonds. The van der Waals surface area contributed by atoms with Crippen molar-refractivity contribution in [1.29, 1.82) is 5.26 Å². The summed E-state index contributed by atoms with van der Waals surface area (Å²) < 4.78 is 7.55. The van der Waals surface area contributed by atoms with E-state index in [1.54, 1.807) is 54.6 Å². The number of aromatic carboxylic acids is 1. The second-order valence-corrected chi connectivity index (χ2v) is 8.27. The van der Waals surface area contributed by atoms with E-state index in [-0.39, 0.29) is 23.4 Å². The van der Waals surface area contributed by atoms with Crippen LogP contribution < -0.4 is 21.4 Å². The van der Waals surface area contributed by atoms with E-state index in [0.29, 0.717) is 16.5 Å². The second-order valence-electron chi connectivity index (χ2n) is 7.01. The first-order chi connectivity index (χ1) is 16.8. The van der Waals surface area contributed by atoms with Crippen LogP contribution in [0, 0.1) is 11.3 Å². The number of rotatable bonds is 8. The van der Waals surface area contributed by atoms with Gasteiger partial charge in [-0.1, -0.05) is 35.1 Å². The summed E-state index contributed by atoms with van der Waals surface area (Å²) in [5.74, 6) is -0.758. The number of anilines is 2. The predicted octanol–water partition coefficient (Wildman–Crippen LogP) is 3.32. The first kappa shape index (κ1) is 23.7. The Morgan fingerprint density at radius 1 is 1.11 bits per heavy atom. The highest BCUT2D eigenvalue weighted by Crippen LogP contribution is 2.27. The molecule has 176 valence electrons. The van der Waals surface area contributed by atoms with Crippen LogP contribution in [0.4, 0.5) is 11.6 Å². The largest absolute Gasteiger partial charge is 0.476 e. The molecule has 35 heavy (non-hydrogen) atoms. The van der Waals surface area contributed by atoms with Crippen LogP contribution in [0.15, 0.2) is 63.5 Å². The molecule has 0 aliphatic heterocycles. The number of carbonyl (C=O) groups is 1. The summed E-state index contributed by atoms with van der Waals surface area (Å²) in [5.41, 5.74) is -0.432. The van der Waals surface area contributed by atoms with Crippen LogP contribution >= 0.6 is 22.9 Å². The lowest BCUT2D eigenvalue weighted by molar-refractivity contribution is 0.0690. The van der Waals surface area contributed by atoms with Gasteiger partial charge in [0.2, 0.25) is 5.95 Å². The highest BCUT2D eigenvalue weighted by Gasteiger charge is 2.15. The maximum Gasteiger partial charge on any atom is 0.355 e. The molecule has 0 saturated heterocycles. The zero-order chi connectivity index (χ0) is 24.9. The minimum absolute atomic E-state index is 0.0103. The number of nitriles is 1. The molecule has 2 heterocycles. The molecule has 2 aromatic heterocycles. The van der Waals surface area contributed by atoms with E-state index in [2.05, 4.69) is 15.3 Å². The van der Waals surface area contributed by atoms with E-state index in [9.17, 15) is 14.4 Å². The fraction of sp³-hybridized carbons (Fsp3) is 0.0909. The van der Waals surface area contributed by atoms with E-state index < -0.39 is 23.9 Å². The van der Waals surface area contributed by atoms with Gasteiger partial charge in [-0.2, -0.15) is 15.2 Å². The molecule has 0 atom stereocenters. The maximum atomic E-state index is 13.0. The van der Waals surface area contributed by atoms with Crippen molar-refractivity contribution in [1.82, 2.24) is 19.1 Å². The van der Waals surface area contributed by atoms with Gasteiger partial charge in [0.15, 0.2) is 5.69 Å². The van der Waals surface area contributed by atoms with Crippen LogP contribution in [0.3, 0.4) is 0 Å². The Morgan fingerprint density at radius 3 is 2.46 bits per heavy atom. The highest BCUT2D eigenvalue weighted by atomic mass is 35.5. The Hall–Kier alpha value is -4.47. The smallest absolute Gasteiger partial charge is 0.355 e. The molecule has 0 spiro atoms. The molecule has 0 radical (unpaired) electrons. The van der Waals surface area contributed by atoms with Crippen LogP contribution in [0.5, 0.6) is 10.9 Å². The third-order valence-corrected chi connectivity index (χ3v) is 5.62. The van der Waals surface area contributed by atoms with Crippen LogP contribution in [0.2, 0.25) is 5.02 Å². The molecule has 4 aromatic rings. The summed E-state index contributed by atoms with van der Waals surface area (Å²) in [5, 5.41) is 23.0. The number of halogens is 1. The summed E-state index contributed by atoms with van der Waals surface area (Å²) >= 11 is 6.98. The number of aromatic nitrogens is 4. The molecular formula is C22H15ClN6O5S. The van der Waals surface area contributed by atoms with E-state index in [0.717, 1.165) is 21.5 Å². The summed E-state index contributed by atoms with van der Waals surface area (Å²) in [6.45, 7) is -0.355. The molecule has 11 nitrogen and oxygen atoms in total. The molecule has 0 bridgehead atoms. The molecule has 0 saturated carbocycles. The number of hydrogen-bond acceptors (Lipinski definition) is 9. The van der Waals surface area contributed by atoms with Gasteiger partial charge in [-0.25, -0.2) is 19.0 Å². The molecule has 0 aliphatic rings.